The summed E-state index contributed by atoms with van der Waals surface area (Å²) in [7, 11) is 0. The lowest BCUT2D eigenvalue weighted by Gasteiger charge is -2.19. The Kier molecular flexibility index (Phi) is 3.70. The number of benzene rings is 1. The van der Waals surface area contributed by atoms with Crippen molar-refractivity contribution < 1.29 is 9.47 Å². The smallest absolute Gasteiger partial charge is 0.179 e. The highest BCUT2D eigenvalue weighted by molar-refractivity contribution is 6.32. The van der Waals surface area contributed by atoms with Crippen LogP contribution in [0.25, 0.3) is 6.08 Å². The molecule has 0 saturated heterocycles. The van der Waals surface area contributed by atoms with Crippen LogP contribution in [0.15, 0.2) is 18.2 Å². The van der Waals surface area contributed by atoms with Gasteiger partial charge in [0.2, 0.25) is 0 Å². The maximum absolute atomic E-state index is 6.10. The molecule has 1 heterocycles. The van der Waals surface area contributed by atoms with Crippen LogP contribution in [0.4, 0.5) is 0 Å². The first-order valence-electron chi connectivity index (χ1n) is 5.27. The summed E-state index contributed by atoms with van der Waals surface area (Å²) in [5.41, 5.74) is 6.41. The molecule has 1 aromatic rings. The molecule has 1 aliphatic heterocycles. The van der Waals surface area contributed by atoms with Crippen molar-refractivity contribution in [3.63, 3.8) is 0 Å². The quantitative estimate of drug-likeness (QED) is 0.881. The minimum absolute atomic E-state index is 0.551. The Balaban J connectivity index is 2.25. The Morgan fingerprint density at radius 2 is 2.12 bits per heavy atom. The molecule has 2 rings (SSSR count). The topological polar surface area (TPSA) is 44.5 Å². The second-order valence-electron chi connectivity index (χ2n) is 3.51. The molecule has 0 aromatic heterocycles. The van der Waals surface area contributed by atoms with E-state index in [2.05, 4.69) is 0 Å². The van der Waals surface area contributed by atoms with Gasteiger partial charge in [0, 0.05) is 0 Å². The minimum atomic E-state index is 0.551. The lowest BCUT2D eigenvalue weighted by atomic mass is 10.1. The fourth-order valence-corrected chi connectivity index (χ4v) is 1.82. The monoisotopic (exact) mass is 239 g/mol. The fraction of sp³-hybridized carbons (Fsp3) is 0.333. The van der Waals surface area contributed by atoms with Crippen LogP contribution in [-0.4, -0.2) is 19.8 Å². The zero-order chi connectivity index (χ0) is 11.4. The largest absolute Gasteiger partial charge is 0.486 e. The van der Waals surface area contributed by atoms with Gasteiger partial charge in [-0.05, 0) is 30.7 Å². The Morgan fingerprint density at radius 3 is 2.94 bits per heavy atom. The summed E-state index contributed by atoms with van der Waals surface area (Å²) < 4.78 is 10.9. The maximum Gasteiger partial charge on any atom is 0.179 e. The van der Waals surface area contributed by atoms with Gasteiger partial charge in [0.15, 0.2) is 11.5 Å². The summed E-state index contributed by atoms with van der Waals surface area (Å²) in [6.45, 7) is 1.77. The molecule has 0 amide bonds. The van der Waals surface area contributed by atoms with Crippen molar-refractivity contribution >= 4 is 17.7 Å². The maximum atomic E-state index is 6.10. The van der Waals surface area contributed by atoms with Gasteiger partial charge >= 0.3 is 0 Å². The van der Waals surface area contributed by atoms with Crippen LogP contribution in [-0.2, 0) is 0 Å². The number of rotatable bonds is 3. The molecule has 4 heteroatoms. The van der Waals surface area contributed by atoms with E-state index in [1.54, 1.807) is 0 Å². The summed E-state index contributed by atoms with van der Waals surface area (Å²) in [6, 6.07) is 3.79. The number of hydrogen-bond donors (Lipinski definition) is 1. The summed E-state index contributed by atoms with van der Waals surface area (Å²) >= 11 is 6.10. The molecular formula is C12H14ClNO2. The van der Waals surface area contributed by atoms with E-state index in [1.807, 2.05) is 24.3 Å². The first-order valence-corrected chi connectivity index (χ1v) is 5.65. The molecule has 0 radical (unpaired) electrons. The Bertz CT molecular complexity index is 404. The predicted octanol–water partition coefficient (Wildman–Crippen LogP) is 2.47. The molecule has 0 bridgehead atoms. The number of fused-ring (bicyclic) bond motifs is 1. The molecule has 2 N–H and O–H groups in total. The average molecular weight is 240 g/mol. The van der Waals surface area contributed by atoms with Crippen LogP contribution in [0, 0.1) is 0 Å². The molecule has 3 nitrogen and oxygen atoms in total. The minimum Gasteiger partial charge on any atom is -0.486 e. The first kappa shape index (κ1) is 11.3. The summed E-state index contributed by atoms with van der Waals surface area (Å²) in [5, 5.41) is 0.588. The van der Waals surface area contributed by atoms with Crippen LogP contribution in [0.3, 0.4) is 0 Å². The van der Waals surface area contributed by atoms with Crippen LogP contribution in [0.5, 0.6) is 11.5 Å². The van der Waals surface area contributed by atoms with Gasteiger partial charge in [-0.25, -0.2) is 0 Å². The lowest BCUT2D eigenvalue weighted by Crippen LogP contribution is -2.15. The average Bonchev–Trinajstić information content (AvgIpc) is 2.30. The van der Waals surface area contributed by atoms with Crippen molar-refractivity contribution in [2.45, 2.75) is 6.42 Å². The summed E-state index contributed by atoms with van der Waals surface area (Å²) in [6.07, 6.45) is 4.85. The van der Waals surface area contributed by atoms with Crippen molar-refractivity contribution in [3.05, 3.63) is 28.8 Å². The van der Waals surface area contributed by atoms with Gasteiger partial charge in [-0.2, -0.15) is 0 Å². The Morgan fingerprint density at radius 1 is 1.31 bits per heavy atom. The number of ether oxygens (including phenoxy) is 2. The first-order chi connectivity index (χ1) is 7.81. The van der Waals surface area contributed by atoms with Crippen molar-refractivity contribution in [1.29, 1.82) is 0 Å². The van der Waals surface area contributed by atoms with E-state index in [9.17, 15) is 0 Å². The predicted molar refractivity (Wildman–Crippen MR) is 65.1 cm³/mol. The second-order valence-corrected chi connectivity index (χ2v) is 3.91. The van der Waals surface area contributed by atoms with Gasteiger partial charge in [0.25, 0.3) is 0 Å². The van der Waals surface area contributed by atoms with E-state index in [4.69, 9.17) is 26.8 Å². The van der Waals surface area contributed by atoms with E-state index in [1.165, 1.54) is 0 Å². The second kappa shape index (κ2) is 5.23. The van der Waals surface area contributed by atoms with Crippen molar-refractivity contribution in [3.8, 4) is 11.5 Å². The zero-order valence-corrected chi connectivity index (χ0v) is 9.67. The van der Waals surface area contributed by atoms with Crippen LogP contribution in [0.1, 0.15) is 12.0 Å². The van der Waals surface area contributed by atoms with Gasteiger partial charge in [-0.15, -0.1) is 0 Å². The van der Waals surface area contributed by atoms with Gasteiger partial charge < -0.3 is 15.2 Å². The molecule has 0 fully saturated rings. The third-order valence-electron chi connectivity index (χ3n) is 2.26. The molecule has 0 unspecified atom stereocenters. The van der Waals surface area contributed by atoms with Crippen LogP contribution < -0.4 is 15.2 Å². The van der Waals surface area contributed by atoms with Gasteiger partial charge in [0.05, 0.1) is 5.02 Å². The molecule has 0 aliphatic carbocycles. The third kappa shape index (κ3) is 2.49. The van der Waals surface area contributed by atoms with E-state index >= 15 is 0 Å². The van der Waals surface area contributed by atoms with Gasteiger partial charge in [0.1, 0.15) is 13.2 Å². The number of hydrogen-bond acceptors (Lipinski definition) is 3. The third-order valence-corrected chi connectivity index (χ3v) is 2.54. The molecular weight excluding hydrogens is 226 g/mol. The SMILES string of the molecule is NCCC=Cc1cc(Cl)c2c(c1)OCCO2. The van der Waals surface area contributed by atoms with E-state index in [-0.39, 0.29) is 0 Å². The normalized spacial score (nSPS) is 14.4. The standard InChI is InChI=1S/C12H14ClNO2/c13-10-7-9(3-1-2-4-14)8-11-12(10)16-6-5-15-11/h1,3,7-8H,2,4-6,14H2. The molecule has 16 heavy (non-hydrogen) atoms. The van der Waals surface area contributed by atoms with E-state index in [0.717, 1.165) is 12.0 Å². The Labute approximate surface area is 99.8 Å². The molecule has 1 aliphatic rings. The van der Waals surface area contributed by atoms with E-state index in [0.29, 0.717) is 36.3 Å². The molecule has 0 spiro atoms. The highest BCUT2D eigenvalue weighted by atomic mass is 35.5. The summed E-state index contributed by atoms with van der Waals surface area (Å²) in [5.74, 6) is 1.36. The highest BCUT2D eigenvalue weighted by Crippen LogP contribution is 2.38. The van der Waals surface area contributed by atoms with Crippen LogP contribution in [0.2, 0.25) is 5.02 Å². The fourth-order valence-electron chi connectivity index (χ4n) is 1.54. The van der Waals surface area contributed by atoms with Crippen molar-refractivity contribution in [2.24, 2.45) is 5.73 Å². The number of nitrogens with two attached hydrogens (primary N) is 1. The van der Waals surface area contributed by atoms with Gasteiger partial charge in [-0.3, -0.25) is 0 Å². The molecule has 0 atom stereocenters. The number of halogens is 1. The highest BCUT2D eigenvalue weighted by Gasteiger charge is 2.15. The van der Waals surface area contributed by atoms with Crippen molar-refractivity contribution in [2.75, 3.05) is 19.8 Å². The lowest BCUT2D eigenvalue weighted by molar-refractivity contribution is 0.171. The zero-order valence-electron chi connectivity index (χ0n) is 8.91. The molecule has 86 valence electrons. The molecule has 0 saturated carbocycles. The van der Waals surface area contributed by atoms with Crippen molar-refractivity contribution in [1.82, 2.24) is 0 Å². The Hall–Kier alpha value is -1.19. The van der Waals surface area contributed by atoms with E-state index < -0.39 is 0 Å². The summed E-state index contributed by atoms with van der Waals surface area (Å²) in [4.78, 5) is 0. The van der Waals surface area contributed by atoms with Crippen LogP contribution >= 0.6 is 11.6 Å². The molecule has 1 aromatic carbocycles. The van der Waals surface area contributed by atoms with Gasteiger partial charge in [-0.1, -0.05) is 23.8 Å².